The summed E-state index contributed by atoms with van der Waals surface area (Å²) in [7, 11) is 1.31. The van der Waals surface area contributed by atoms with Crippen LogP contribution in [-0.4, -0.2) is 66.7 Å². The molecule has 2 aliphatic heterocycles. The van der Waals surface area contributed by atoms with Crippen molar-refractivity contribution in [1.29, 1.82) is 0 Å². The highest BCUT2D eigenvalue weighted by molar-refractivity contribution is 5.94. The van der Waals surface area contributed by atoms with Crippen LogP contribution in [0.15, 0.2) is 65.7 Å². The molecule has 2 heterocycles. The molecule has 0 radical (unpaired) electrons. The van der Waals surface area contributed by atoms with Crippen molar-refractivity contribution >= 4 is 23.9 Å². The Labute approximate surface area is 210 Å². The predicted molar refractivity (Wildman–Crippen MR) is 132 cm³/mol. The number of methoxy groups -OCH3 is 1. The summed E-state index contributed by atoms with van der Waals surface area (Å²) in [6.07, 6.45) is 0.570. The maximum Gasteiger partial charge on any atom is 0.408 e. The van der Waals surface area contributed by atoms with Gasteiger partial charge in [-0.2, -0.15) is 0 Å². The molecule has 1 N–H and O–H groups in total. The van der Waals surface area contributed by atoms with Gasteiger partial charge in [-0.25, -0.2) is 14.6 Å². The molecule has 1 fully saturated rings. The van der Waals surface area contributed by atoms with Crippen LogP contribution in [0.2, 0.25) is 0 Å². The minimum Gasteiger partial charge on any atom is -0.474 e. The molecule has 1 saturated heterocycles. The van der Waals surface area contributed by atoms with Gasteiger partial charge in [0.25, 0.3) is 0 Å². The van der Waals surface area contributed by atoms with Gasteiger partial charge in [-0.05, 0) is 30.9 Å². The number of hydrogen-bond donors (Lipinski definition) is 1. The van der Waals surface area contributed by atoms with E-state index in [4.69, 9.17) is 14.2 Å². The van der Waals surface area contributed by atoms with E-state index in [1.54, 1.807) is 11.8 Å². The van der Waals surface area contributed by atoms with Gasteiger partial charge >= 0.3 is 12.1 Å². The number of esters is 1. The summed E-state index contributed by atoms with van der Waals surface area (Å²) >= 11 is 0. The quantitative estimate of drug-likeness (QED) is 0.567. The molecule has 2 aromatic carbocycles. The second-order valence-electron chi connectivity index (χ2n) is 8.90. The van der Waals surface area contributed by atoms with Crippen LogP contribution in [-0.2, 0) is 36.8 Å². The van der Waals surface area contributed by atoms with Gasteiger partial charge in [0.15, 0.2) is 6.04 Å². The van der Waals surface area contributed by atoms with E-state index in [0.717, 1.165) is 17.5 Å². The molecule has 0 saturated carbocycles. The number of nitrogens with zero attached hydrogens (tertiary/aromatic N) is 2. The number of benzene rings is 2. The van der Waals surface area contributed by atoms with Crippen LogP contribution in [0.3, 0.4) is 0 Å². The van der Waals surface area contributed by atoms with Crippen LogP contribution in [0, 0.1) is 0 Å². The molecule has 0 bridgehead atoms. The first-order chi connectivity index (χ1) is 17.5. The molecule has 9 heteroatoms. The van der Waals surface area contributed by atoms with E-state index in [1.165, 1.54) is 7.11 Å². The molecular weight excluding hydrogens is 462 g/mol. The van der Waals surface area contributed by atoms with Gasteiger partial charge in [-0.15, -0.1) is 0 Å². The number of carbonyl (C=O) groups is 3. The highest BCUT2D eigenvalue weighted by atomic mass is 16.6. The molecule has 2 aliphatic rings. The minimum atomic E-state index is -0.841. The summed E-state index contributed by atoms with van der Waals surface area (Å²) < 4.78 is 16.1. The molecule has 190 valence electrons. The molecule has 4 atom stereocenters. The standard InChI is InChI=1S/C27H31N3O6/c1-18-23(26(32)34-2)29-24(36-18)22-14-9-15-30(22)25(31)21(16-19-10-5-3-6-11-19)28-27(33)35-17-20-12-7-4-8-13-20/h3-8,10-13,18,21-23H,9,14-17H2,1-2H3,(H,28,33)/t18-,21+,22+,23+/m1/s1. The zero-order valence-electron chi connectivity index (χ0n) is 20.5. The smallest absolute Gasteiger partial charge is 0.408 e. The predicted octanol–water partition coefficient (Wildman–Crippen LogP) is 2.87. The average molecular weight is 494 g/mol. The van der Waals surface area contributed by atoms with Crippen molar-refractivity contribution in [3.05, 3.63) is 71.8 Å². The van der Waals surface area contributed by atoms with Crippen LogP contribution < -0.4 is 5.32 Å². The zero-order chi connectivity index (χ0) is 25.5. The topological polar surface area (TPSA) is 107 Å². The lowest BCUT2D eigenvalue weighted by Crippen LogP contribution is -2.52. The molecule has 4 rings (SSSR count). The first kappa shape index (κ1) is 25.2. The number of aliphatic imine (C=N–C) groups is 1. The Bertz CT molecular complexity index is 1090. The SMILES string of the molecule is COC(=O)[C@H]1N=C([C@@H]2CCCN2C(=O)[C@H](Cc2ccccc2)NC(=O)OCc2ccccc2)O[C@@H]1C. The Kier molecular flexibility index (Phi) is 8.20. The number of nitrogens with one attached hydrogen (secondary N) is 1. The van der Waals surface area contributed by atoms with E-state index < -0.39 is 36.3 Å². The van der Waals surface area contributed by atoms with Crippen LogP contribution in [0.5, 0.6) is 0 Å². The molecule has 0 spiro atoms. The monoisotopic (exact) mass is 493 g/mol. The van der Waals surface area contributed by atoms with Crippen molar-refractivity contribution in [2.24, 2.45) is 4.99 Å². The Morgan fingerprint density at radius 2 is 1.75 bits per heavy atom. The number of likely N-dealkylation sites (tertiary alicyclic amines) is 1. The van der Waals surface area contributed by atoms with E-state index in [1.807, 2.05) is 60.7 Å². The summed E-state index contributed by atoms with van der Waals surface area (Å²) in [5.74, 6) is -0.370. The zero-order valence-corrected chi connectivity index (χ0v) is 20.5. The largest absolute Gasteiger partial charge is 0.474 e. The van der Waals surface area contributed by atoms with Gasteiger partial charge in [0, 0.05) is 13.0 Å². The molecule has 0 aliphatic carbocycles. The van der Waals surface area contributed by atoms with Crippen molar-refractivity contribution in [2.75, 3.05) is 13.7 Å². The van der Waals surface area contributed by atoms with E-state index in [-0.39, 0.29) is 12.5 Å². The fourth-order valence-electron chi connectivity index (χ4n) is 4.50. The van der Waals surface area contributed by atoms with Gasteiger partial charge in [-0.1, -0.05) is 60.7 Å². The normalized spacial score (nSPS) is 21.8. The lowest BCUT2D eigenvalue weighted by molar-refractivity contribution is -0.143. The van der Waals surface area contributed by atoms with Crippen molar-refractivity contribution in [1.82, 2.24) is 10.2 Å². The Balaban J connectivity index is 1.48. The van der Waals surface area contributed by atoms with Gasteiger partial charge in [0.1, 0.15) is 24.8 Å². The number of alkyl carbamates (subject to hydrolysis) is 1. The first-order valence-electron chi connectivity index (χ1n) is 12.1. The van der Waals surface area contributed by atoms with Crippen molar-refractivity contribution in [2.45, 2.75) is 57.0 Å². The van der Waals surface area contributed by atoms with Crippen LogP contribution in [0.25, 0.3) is 0 Å². The summed E-state index contributed by atoms with van der Waals surface area (Å²) in [5.41, 5.74) is 1.76. The second kappa shape index (κ2) is 11.7. The van der Waals surface area contributed by atoms with Crippen molar-refractivity contribution in [3.8, 4) is 0 Å². The first-order valence-corrected chi connectivity index (χ1v) is 12.1. The van der Waals surface area contributed by atoms with Crippen LogP contribution in [0.4, 0.5) is 4.79 Å². The number of amides is 2. The summed E-state index contributed by atoms with van der Waals surface area (Å²) in [4.78, 5) is 44.6. The number of carbonyl (C=O) groups excluding carboxylic acids is 3. The number of rotatable bonds is 8. The van der Waals surface area contributed by atoms with Crippen LogP contribution in [0.1, 0.15) is 30.9 Å². The highest BCUT2D eigenvalue weighted by Gasteiger charge is 2.43. The van der Waals surface area contributed by atoms with Gasteiger partial charge < -0.3 is 24.4 Å². The summed E-state index contributed by atoms with van der Waals surface area (Å²) in [6, 6.07) is 16.8. The molecule has 2 amide bonds. The number of hydrogen-bond acceptors (Lipinski definition) is 7. The third-order valence-electron chi connectivity index (χ3n) is 6.37. The molecule has 0 aromatic heterocycles. The van der Waals surface area contributed by atoms with E-state index in [0.29, 0.717) is 25.3 Å². The summed E-state index contributed by atoms with van der Waals surface area (Å²) in [6.45, 7) is 2.35. The average Bonchev–Trinajstić information content (AvgIpc) is 3.54. The van der Waals surface area contributed by atoms with Crippen molar-refractivity contribution < 1.29 is 28.6 Å². The summed E-state index contributed by atoms with van der Waals surface area (Å²) in [5, 5.41) is 2.76. The Morgan fingerprint density at radius 1 is 1.08 bits per heavy atom. The van der Waals surface area contributed by atoms with Gasteiger partial charge in [-0.3, -0.25) is 4.79 Å². The third kappa shape index (κ3) is 6.02. The van der Waals surface area contributed by atoms with Gasteiger partial charge in [0.2, 0.25) is 11.8 Å². The maximum atomic E-state index is 13.7. The molecule has 2 aromatic rings. The van der Waals surface area contributed by atoms with Crippen LogP contribution >= 0.6 is 0 Å². The van der Waals surface area contributed by atoms with Crippen molar-refractivity contribution in [3.63, 3.8) is 0 Å². The molecule has 0 unspecified atom stereocenters. The second-order valence-corrected chi connectivity index (χ2v) is 8.90. The third-order valence-corrected chi connectivity index (χ3v) is 6.37. The lowest BCUT2D eigenvalue weighted by Gasteiger charge is -2.29. The number of ether oxygens (including phenoxy) is 3. The fourth-order valence-corrected chi connectivity index (χ4v) is 4.50. The van der Waals surface area contributed by atoms with E-state index in [2.05, 4.69) is 10.3 Å². The van der Waals surface area contributed by atoms with Gasteiger partial charge in [0.05, 0.1) is 7.11 Å². The Morgan fingerprint density at radius 3 is 2.42 bits per heavy atom. The lowest BCUT2D eigenvalue weighted by atomic mass is 10.0. The molecular formula is C27H31N3O6. The molecule has 36 heavy (non-hydrogen) atoms. The Hall–Kier alpha value is -3.88. The van der Waals surface area contributed by atoms with E-state index >= 15 is 0 Å². The minimum absolute atomic E-state index is 0.0999. The van der Waals surface area contributed by atoms with E-state index in [9.17, 15) is 14.4 Å². The highest BCUT2D eigenvalue weighted by Crippen LogP contribution is 2.26. The fraction of sp³-hybridized carbons (Fsp3) is 0.407. The molecule has 9 nitrogen and oxygen atoms in total. The maximum absolute atomic E-state index is 13.7.